The van der Waals surface area contributed by atoms with E-state index in [1.165, 1.54) is 13.3 Å². The quantitative estimate of drug-likeness (QED) is 0.820. The molecule has 1 aliphatic rings. The number of aromatic nitrogens is 1. The zero-order chi connectivity index (χ0) is 10.8. The maximum absolute atomic E-state index is 12.6. The highest BCUT2D eigenvalue weighted by Crippen LogP contribution is 2.34. The molecular formula is C10H11FN2O2. The van der Waals surface area contributed by atoms with Crippen LogP contribution < -0.4 is 10.1 Å². The van der Waals surface area contributed by atoms with Crippen LogP contribution in [-0.2, 0) is 4.79 Å². The number of carbonyl (C=O) groups is 1. The van der Waals surface area contributed by atoms with Gasteiger partial charge in [0.05, 0.1) is 24.9 Å². The molecule has 1 amide bonds. The Morgan fingerprint density at radius 3 is 2.87 bits per heavy atom. The molecule has 1 N–H and O–H groups in total. The first-order valence-corrected chi connectivity index (χ1v) is 4.65. The van der Waals surface area contributed by atoms with Crippen LogP contribution >= 0.6 is 0 Å². The molecule has 0 radical (unpaired) electrons. The number of amides is 1. The van der Waals surface area contributed by atoms with E-state index >= 15 is 0 Å². The van der Waals surface area contributed by atoms with Gasteiger partial charge < -0.3 is 10.1 Å². The van der Waals surface area contributed by atoms with Crippen molar-refractivity contribution in [2.75, 3.05) is 12.4 Å². The lowest BCUT2D eigenvalue weighted by atomic mass is 10.3. The molecule has 1 saturated carbocycles. The maximum atomic E-state index is 12.6. The van der Waals surface area contributed by atoms with Crippen LogP contribution in [0.3, 0.4) is 0 Å². The van der Waals surface area contributed by atoms with Gasteiger partial charge in [-0.3, -0.25) is 4.79 Å². The Labute approximate surface area is 86.5 Å². The fraction of sp³-hybridized carbons (Fsp3) is 0.400. The third kappa shape index (κ3) is 2.23. The average Bonchev–Trinajstić information content (AvgIpc) is 2.97. The molecule has 1 heterocycles. The molecule has 4 nitrogen and oxygen atoms in total. The van der Waals surface area contributed by atoms with E-state index in [0.29, 0.717) is 18.0 Å². The van der Waals surface area contributed by atoms with Crippen LogP contribution in [0, 0.1) is 5.92 Å². The van der Waals surface area contributed by atoms with E-state index in [1.54, 1.807) is 12.1 Å². The first kappa shape index (κ1) is 9.89. The molecule has 2 atom stereocenters. The first-order chi connectivity index (χ1) is 7.20. The second-order valence-corrected chi connectivity index (χ2v) is 3.44. The zero-order valence-electron chi connectivity index (χ0n) is 8.24. The van der Waals surface area contributed by atoms with Gasteiger partial charge in [-0.05, 0) is 12.5 Å². The minimum Gasteiger partial charge on any atom is -0.481 e. The lowest BCUT2D eigenvalue weighted by Crippen LogP contribution is -2.15. The van der Waals surface area contributed by atoms with Crippen molar-refractivity contribution >= 4 is 11.6 Å². The molecule has 80 valence electrons. The van der Waals surface area contributed by atoms with Gasteiger partial charge >= 0.3 is 0 Å². The monoisotopic (exact) mass is 210 g/mol. The molecule has 15 heavy (non-hydrogen) atoms. The first-order valence-electron chi connectivity index (χ1n) is 4.65. The van der Waals surface area contributed by atoms with Crippen LogP contribution in [0.15, 0.2) is 18.3 Å². The number of methoxy groups -OCH3 is 1. The van der Waals surface area contributed by atoms with E-state index in [4.69, 9.17) is 4.74 Å². The summed E-state index contributed by atoms with van der Waals surface area (Å²) >= 11 is 0. The second-order valence-electron chi connectivity index (χ2n) is 3.44. The molecule has 0 saturated heterocycles. The maximum Gasteiger partial charge on any atom is 0.230 e. The fourth-order valence-electron chi connectivity index (χ4n) is 1.25. The number of alkyl halides is 1. The Balaban J connectivity index is 1.95. The number of halogens is 1. The van der Waals surface area contributed by atoms with Gasteiger partial charge in [-0.15, -0.1) is 0 Å². The topological polar surface area (TPSA) is 51.2 Å². The normalized spacial score (nSPS) is 23.3. The van der Waals surface area contributed by atoms with Crippen LogP contribution in [0.5, 0.6) is 5.88 Å². The van der Waals surface area contributed by atoms with Gasteiger partial charge in [-0.1, -0.05) is 0 Å². The lowest BCUT2D eigenvalue weighted by molar-refractivity contribution is -0.117. The number of pyridine rings is 1. The van der Waals surface area contributed by atoms with Gasteiger partial charge in [0.15, 0.2) is 0 Å². The molecule has 0 aliphatic heterocycles. The number of anilines is 1. The highest BCUT2D eigenvalue weighted by molar-refractivity contribution is 5.94. The molecule has 1 fully saturated rings. The summed E-state index contributed by atoms with van der Waals surface area (Å²) in [7, 11) is 1.51. The van der Waals surface area contributed by atoms with E-state index in [9.17, 15) is 9.18 Å². The summed E-state index contributed by atoms with van der Waals surface area (Å²) in [5.41, 5.74) is 0.555. The summed E-state index contributed by atoms with van der Waals surface area (Å²) < 4.78 is 17.4. The molecule has 1 aliphatic carbocycles. The molecule has 2 rings (SSSR count). The predicted molar refractivity (Wildman–Crippen MR) is 52.4 cm³/mol. The number of hydrogen-bond donors (Lipinski definition) is 1. The third-order valence-electron chi connectivity index (χ3n) is 2.26. The van der Waals surface area contributed by atoms with Crippen LogP contribution in [0.1, 0.15) is 6.42 Å². The highest BCUT2D eigenvalue weighted by Gasteiger charge is 2.43. The van der Waals surface area contributed by atoms with Crippen molar-refractivity contribution in [3.8, 4) is 5.88 Å². The largest absolute Gasteiger partial charge is 0.481 e. The Kier molecular flexibility index (Phi) is 2.53. The van der Waals surface area contributed by atoms with Crippen molar-refractivity contribution in [2.24, 2.45) is 5.92 Å². The summed E-state index contributed by atoms with van der Waals surface area (Å²) in [5, 5.41) is 2.59. The van der Waals surface area contributed by atoms with Crippen molar-refractivity contribution in [3.05, 3.63) is 18.3 Å². The van der Waals surface area contributed by atoms with Crippen LogP contribution in [0.2, 0.25) is 0 Å². The number of ether oxygens (including phenoxy) is 1. The average molecular weight is 210 g/mol. The summed E-state index contributed by atoms with van der Waals surface area (Å²) in [6.45, 7) is 0. The number of rotatable bonds is 3. The molecular weight excluding hydrogens is 199 g/mol. The van der Waals surface area contributed by atoms with E-state index in [-0.39, 0.29) is 5.91 Å². The van der Waals surface area contributed by atoms with Crippen molar-refractivity contribution in [1.29, 1.82) is 0 Å². The van der Waals surface area contributed by atoms with Crippen LogP contribution in [0.25, 0.3) is 0 Å². The summed E-state index contributed by atoms with van der Waals surface area (Å²) in [5.74, 6) is -0.288. The molecule has 1 aromatic rings. The van der Waals surface area contributed by atoms with E-state index in [1.807, 2.05) is 0 Å². The molecule has 0 spiro atoms. The number of carbonyl (C=O) groups excluding carboxylic acids is 1. The highest BCUT2D eigenvalue weighted by atomic mass is 19.1. The zero-order valence-corrected chi connectivity index (χ0v) is 8.24. The van der Waals surface area contributed by atoms with Gasteiger partial charge in [0.25, 0.3) is 0 Å². The molecule has 0 bridgehead atoms. The molecule has 0 aromatic carbocycles. The number of hydrogen-bond acceptors (Lipinski definition) is 3. The Hall–Kier alpha value is -1.65. The molecule has 0 unspecified atom stereocenters. The standard InChI is InChI=1S/C10H11FN2O2/c1-15-9-3-2-6(5-12-9)13-10(14)7-4-8(7)11/h2-3,5,7-8H,4H2,1H3,(H,13,14)/t7-,8-/m0/s1. The summed E-state index contributed by atoms with van der Waals surface area (Å²) in [4.78, 5) is 15.2. The minimum absolute atomic E-state index is 0.283. The summed E-state index contributed by atoms with van der Waals surface area (Å²) in [6.07, 6.45) is 0.832. The molecule has 5 heteroatoms. The van der Waals surface area contributed by atoms with Gasteiger partial charge in [0.1, 0.15) is 6.17 Å². The summed E-state index contributed by atoms with van der Waals surface area (Å²) in [6, 6.07) is 3.30. The number of nitrogens with zero attached hydrogens (tertiary/aromatic N) is 1. The Bertz CT molecular complexity index is 366. The predicted octanol–water partition coefficient (Wildman–Crippen LogP) is 1.39. The van der Waals surface area contributed by atoms with E-state index in [0.717, 1.165) is 0 Å². The minimum atomic E-state index is -0.976. The SMILES string of the molecule is COc1ccc(NC(=O)[C@H]2C[C@@H]2F)cn1. The smallest absolute Gasteiger partial charge is 0.230 e. The van der Waals surface area contributed by atoms with Gasteiger partial charge in [0, 0.05) is 6.07 Å². The van der Waals surface area contributed by atoms with Crippen molar-refractivity contribution in [2.45, 2.75) is 12.6 Å². The van der Waals surface area contributed by atoms with Crippen LogP contribution in [-0.4, -0.2) is 24.2 Å². The van der Waals surface area contributed by atoms with Crippen molar-refractivity contribution < 1.29 is 13.9 Å². The van der Waals surface area contributed by atoms with Crippen LogP contribution in [0.4, 0.5) is 10.1 Å². The van der Waals surface area contributed by atoms with E-state index in [2.05, 4.69) is 10.3 Å². The Morgan fingerprint density at radius 1 is 1.67 bits per heavy atom. The molecule has 1 aromatic heterocycles. The van der Waals surface area contributed by atoms with Gasteiger partial charge in [0.2, 0.25) is 11.8 Å². The Morgan fingerprint density at radius 2 is 2.40 bits per heavy atom. The van der Waals surface area contributed by atoms with Crippen molar-refractivity contribution in [3.63, 3.8) is 0 Å². The van der Waals surface area contributed by atoms with Gasteiger partial charge in [-0.25, -0.2) is 9.37 Å². The van der Waals surface area contributed by atoms with Crippen molar-refractivity contribution in [1.82, 2.24) is 4.98 Å². The van der Waals surface area contributed by atoms with Gasteiger partial charge in [-0.2, -0.15) is 0 Å². The second kappa shape index (κ2) is 3.84. The van der Waals surface area contributed by atoms with E-state index < -0.39 is 12.1 Å². The third-order valence-corrected chi connectivity index (χ3v) is 2.26. The lowest BCUT2D eigenvalue weighted by Gasteiger charge is -2.04. The fourth-order valence-corrected chi connectivity index (χ4v) is 1.25. The number of nitrogens with one attached hydrogen (secondary N) is 1.